The van der Waals surface area contributed by atoms with Crippen LogP contribution in [-0.4, -0.2) is 107 Å². The normalized spacial score (nSPS) is 26.0. The van der Waals surface area contributed by atoms with Crippen LogP contribution >= 0.6 is 0 Å². The summed E-state index contributed by atoms with van der Waals surface area (Å²) < 4.78 is 0. The highest BCUT2D eigenvalue weighted by Gasteiger charge is 2.44. The molecule has 4 aliphatic rings. The molecular weight excluding hydrogens is 578 g/mol. The molecule has 0 unspecified atom stereocenters. The van der Waals surface area contributed by atoms with E-state index < -0.39 is 11.8 Å². The summed E-state index contributed by atoms with van der Waals surface area (Å²) >= 11 is 0. The fraction of sp³-hybridized carbons (Fsp3) is 0.730. The first-order valence-electron chi connectivity index (χ1n) is 18.1. The van der Waals surface area contributed by atoms with Gasteiger partial charge in [0.05, 0.1) is 6.04 Å². The van der Waals surface area contributed by atoms with Crippen molar-refractivity contribution in [1.29, 1.82) is 0 Å². The molecule has 4 fully saturated rings. The molecule has 0 radical (unpaired) electrons. The van der Waals surface area contributed by atoms with E-state index in [0.29, 0.717) is 56.9 Å². The van der Waals surface area contributed by atoms with Crippen LogP contribution in [0.2, 0.25) is 0 Å². The van der Waals surface area contributed by atoms with Crippen LogP contribution in [0.15, 0.2) is 30.3 Å². The van der Waals surface area contributed by atoms with Gasteiger partial charge in [-0.15, -0.1) is 0 Å². The number of hydrogen-bond acceptors (Lipinski definition) is 5. The predicted molar refractivity (Wildman–Crippen MR) is 180 cm³/mol. The van der Waals surface area contributed by atoms with E-state index in [2.05, 4.69) is 50.0 Å². The SMILES string of the molecule is CC(C)C[C@H]1CNC(=O)C(=O)N1C[C@@H]1CCCN1C[C@H](Cc1ccccc1)N1C[C@H](CC(C)C)N(CC2CCCCC2)C(=O)C1=O. The lowest BCUT2D eigenvalue weighted by atomic mass is 9.87. The molecule has 5 rings (SSSR count). The van der Waals surface area contributed by atoms with Crippen molar-refractivity contribution in [2.24, 2.45) is 17.8 Å². The van der Waals surface area contributed by atoms with Gasteiger partial charge in [0.1, 0.15) is 0 Å². The van der Waals surface area contributed by atoms with Gasteiger partial charge >= 0.3 is 23.6 Å². The van der Waals surface area contributed by atoms with Crippen molar-refractivity contribution in [3.63, 3.8) is 0 Å². The molecule has 3 heterocycles. The number of amides is 4. The lowest BCUT2D eigenvalue weighted by Gasteiger charge is -2.46. The zero-order valence-corrected chi connectivity index (χ0v) is 28.7. The van der Waals surface area contributed by atoms with Gasteiger partial charge in [-0.25, -0.2) is 0 Å². The molecule has 4 atom stereocenters. The van der Waals surface area contributed by atoms with Crippen molar-refractivity contribution >= 4 is 23.6 Å². The number of piperazine rings is 2. The molecule has 3 aliphatic heterocycles. The van der Waals surface area contributed by atoms with E-state index in [1.165, 1.54) is 19.3 Å². The number of carbonyl (C=O) groups excluding carboxylic acids is 4. The Labute approximate surface area is 276 Å². The van der Waals surface area contributed by atoms with E-state index in [-0.39, 0.29) is 36.0 Å². The second-order valence-corrected chi connectivity index (χ2v) is 15.3. The molecule has 1 N–H and O–H groups in total. The molecule has 1 aromatic carbocycles. The van der Waals surface area contributed by atoms with Gasteiger partial charge in [0.2, 0.25) is 0 Å². The Balaban J connectivity index is 1.37. The molecule has 1 saturated carbocycles. The van der Waals surface area contributed by atoms with Crippen molar-refractivity contribution in [2.75, 3.05) is 39.3 Å². The minimum Gasteiger partial charge on any atom is -0.346 e. The molecule has 0 bridgehead atoms. The Morgan fingerprint density at radius 2 is 1.41 bits per heavy atom. The van der Waals surface area contributed by atoms with E-state index in [1.807, 2.05) is 32.9 Å². The van der Waals surface area contributed by atoms with Gasteiger partial charge in [-0.2, -0.15) is 0 Å². The van der Waals surface area contributed by atoms with Crippen LogP contribution in [0.3, 0.4) is 0 Å². The summed E-state index contributed by atoms with van der Waals surface area (Å²) in [6.45, 7) is 12.5. The quantitative estimate of drug-likeness (QED) is 0.330. The number of likely N-dealkylation sites (tertiary alicyclic amines) is 1. The summed E-state index contributed by atoms with van der Waals surface area (Å²) in [5, 5.41) is 2.79. The highest BCUT2D eigenvalue weighted by molar-refractivity contribution is 6.36. The molecule has 1 aliphatic carbocycles. The summed E-state index contributed by atoms with van der Waals surface area (Å²) in [5.41, 5.74) is 1.15. The fourth-order valence-corrected chi connectivity index (χ4v) is 8.44. The third-order valence-electron chi connectivity index (χ3n) is 10.7. The molecule has 0 aromatic heterocycles. The van der Waals surface area contributed by atoms with Gasteiger partial charge in [0.15, 0.2) is 0 Å². The molecule has 9 heteroatoms. The number of carbonyl (C=O) groups is 4. The van der Waals surface area contributed by atoms with Gasteiger partial charge in [0.25, 0.3) is 0 Å². The van der Waals surface area contributed by atoms with Crippen molar-refractivity contribution < 1.29 is 19.2 Å². The number of hydrogen-bond donors (Lipinski definition) is 1. The van der Waals surface area contributed by atoms with Crippen LogP contribution < -0.4 is 5.32 Å². The molecular formula is C37H57N5O4. The summed E-state index contributed by atoms with van der Waals surface area (Å²) in [6.07, 6.45) is 10.3. The van der Waals surface area contributed by atoms with Crippen LogP contribution in [0.4, 0.5) is 0 Å². The Morgan fingerprint density at radius 3 is 2.11 bits per heavy atom. The molecule has 254 valence electrons. The van der Waals surface area contributed by atoms with Crippen LogP contribution in [0.5, 0.6) is 0 Å². The first-order chi connectivity index (χ1) is 22.1. The lowest BCUT2D eigenvalue weighted by molar-refractivity contribution is -0.162. The lowest BCUT2D eigenvalue weighted by Crippen LogP contribution is -2.65. The first kappa shape index (κ1) is 34.4. The Hall–Kier alpha value is -2.94. The third kappa shape index (κ3) is 8.50. The van der Waals surface area contributed by atoms with E-state index in [0.717, 1.165) is 50.6 Å². The van der Waals surface area contributed by atoms with Crippen LogP contribution in [-0.2, 0) is 25.6 Å². The molecule has 46 heavy (non-hydrogen) atoms. The number of benzene rings is 1. The maximum atomic E-state index is 14.1. The van der Waals surface area contributed by atoms with E-state index in [1.54, 1.807) is 0 Å². The summed E-state index contributed by atoms with van der Waals surface area (Å²) in [4.78, 5) is 61.6. The van der Waals surface area contributed by atoms with E-state index in [9.17, 15) is 19.2 Å². The number of nitrogens with zero attached hydrogens (tertiary/aromatic N) is 4. The van der Waals surface area contributed by atoms with Gasteiger partial charge < -0.3 is 20.0 Å². The minimum atomic E-state index is -0.516. The zero-order chi connectivity index (χ0) is 32.8. The topological polar surface area (TPSA) is 93.3 Å². The van der Waals surface area contributed by atoms with Gasteiger partial charge in [-0.05, 0) is 74.8 Å². The predicted octanol–water partition coefficient (Wildman–Crippen LogP) is 4.10. The highest BCUT2D eigenvalue weighted by atomic mass is 16.2. The van der Waals surface area contributed by atoms with Crippen LogP contribution in [0.1, 0.15) is 91.0 Å². The van der Waals surface area contributed by atoms with Crippen molar-refractivity contribution in [1.82, 2.24) is 24.9 Å². The molecule has 0 spiro atoms. The van der Waals surface area contributed by atoms with Crippen molar-refractivity contribution in [2.45, 2.75) is 116 Å². The molecule has 1 aromatic rings. The zero-order valence-electron chi connectivity index (χ0n) is 28.7. The standard InChI is InChI=1S/C37H57N5O4/c1-26(2)18-31-21-38-34(43)35(44)41(31)24-30-16-11-17-39(30)23-33(20-28-12-7-5-8-13-28)42-25-32(19-27(3)4)40(36(45)37(42)46)22-29-14-9-6-10-15-29/h5,7-8,12-13,26-27,29-33H,6,9-11,14-25H2,1-4H3,(H,38,43)/t30-,31-,32-,33-/m0/s1. The summed E-state index contributed by atoms with van der Waals surface area (Å²) in [6, 6.07) is 10.2. The fourth-order valence-electron chi connectivity index (χ4n) is 8.44. The van der Waals surface area contributed by atoms with Gasteiger partial charge in [0, 0.05) is 50.8 Å². The molecule has 4 amide bonds. The Bertz CT molecular complexity index is 1200. The maximum absolute atomic E-state index is 14.1. The second kappa shape index (κ2) is 15.8. The Morgan fingerprint density at radius 1 is 0.739 bits per heavy atom. The molecule has 9 nitrogen and oxygen atoms in total. The minimum absolute atomic E-state index is 0.0130. The average molecular weight is 636 g/mol. The van der Waals surface area contributed by atoms with Gasteiger partial charge in [-0.1, -0.05) is 77.3 Å². The largest absolute Gasteiger partial charge is 0.346 e. The van der Waals surface area contributed by atoms with Crippen LogP contribution in [0.25, 0.3) is 0 Å². The second-order valence-electron chi connectivity index (χ2n) is 15.3. The monoisotopic (exact) mass is 635 g/mol. The van der Waals surface area contributed by atoms with Crippen LogP contribution in [0, 0.1) is 17.8 Å². The number of nitrogens with one attached hydrogen (secondary N) is 1. The Kier molecular flexibility index (Phi) is 11.8. The summed E-state index contributed by atoms with van der Waals surface area (Å²) in [7, 11) is 0. The van der Waals surface area contributed by atoms with Gasteiger partial charge in [-0.3, -0.25) is 24.1 Å². The summed E-state index contributed by atoms with van der Waals surface area (Å²) in [5.74, 6) is -0.350. The van der Waals surface area contributed by atoms with Crippen molar-refractivity contribution in [3.8, 4) is 0 Å². The van der Waals surface area contributed by atoms with E-state index >= 15 is 0 Å². The first-order valence-corrected chi connectivity index (χ1v) is 18.1. The highest BCUT2D eigenvalue weighted by Crippen LogP contribution is 2.30. The van der Waals surface area contributed by atoms with Crippen molar-refractivity contribution in [3.05, 3.63) is 35.9 Å². The maximum Gasteiger partial charge on any atom is 0.312 e. The molecule has 3 saturated heterocycles. The third-order valence-corrected chi connectivity index (χ3v) is 10.7. The number of rotatable bonds is 13. The smallest absolute Gasteiger partial charge is 0.312 e. The average Bonchev–Trinajstić information content (AvgIpc) is 3.47. The van der Waals surface area contributed by atoms with E-state index in [4.69, 9.17) is 0 Å².